The maximum Gasteiger partial charge on any atom is 3.00 e. The van der Waals surface area contributed by atoms with Gasteiger partial charge in [0.25, 0.3) is 0 Å². The molecular weight excluding hydrogens is 524 g/mol. The number of methoxy groups -OCH3 is 1. The average Bonchev–Trinajstić information content (AvgIpc) is 3.02. The Kier molecular flexibility index (Phi) is 18.9. The van der Waals surface area contributed by atoms with Crippen molar-refractivity contribution in [3.63, 3.8) is 0 Å². The Balaban J connectivity index is 0. The summed E-state index contributed by atoms with van der Waals surface area (Å²) in [6.45, 7) is 13.6. The molecule has 1 aromatic carbocycles. The fraction of sp³-hybridized carbons (Fsp3) is 0.294. The summed E-state index contributed by atoms with van der Waals surface area (Å²) in [6, 6.07) is 5.61. The van der Waals surface area contributed by atoms with Gasteiger partial charge in [0.1, 0.15) is 12.2 Å². The number of nitrogens with zero attached hydrogens (tertiary/aromatic N) is 1. The van der Waals surface area contributed by atoms with Gasteiger partial charge in [-0.15, -0.1) is 24.4 Å². The monoisotopic (exact) mass is 546 g/mol. The van der Waals surface area contributed by atoms with Crippen LogP contribution in [0.15, 0.2) is 23.6 Å². The van der Waals surface area contributed by atoms with Crippen LogP contribution >= 0.6 is 23.6 Å². The van der Waals surface area contributed by atoms with Crippen LogP contribution in [0, 0.1) is 20.8 Å². The Hall–Kier alpha value is 0.928. The molecule has 9 heteroatoms. The third-order valence-electron chi connectivity index (χ3n) is 2.95. The fourth-order valence-electron chi connectivity index (χ4n) is 1.76. The molecule has 1 aromatic heterocycles. The molecule has 0 spiro atoms. The molecule has 0 saturated heterocycles. The number of fused-ring (bicyclic) bond motifs is 1. The van der Waals surface area contributed by atoms with Gasteiger partial charge in [0.05, 0.1) is 13.5 Å². The zero-order valence-electron chi connectivity index (χ0n) is 15.1. The van der Waals surface area contributed by atoms with Crippen molar-refractivity contribution in [2.24, 2.45) is 0 Å². The summed E-state index contributed by atoms with van der Waals surface area (Å²) in [5.74, 6) is 0.303. The second-order valence-corrected chi connectivity index (χ2v) is 6.04. The van der Waals surface area contributed by atoms with E-state index in [1.807, 2.05) is 23.6 Å². The minimum Gasteiger partial charge on any atom is -0.469 e. The zero-order chi connectivity index (χ0) is 17.9. The number of benzene rings is 1. The van der Waals surface area contributed by atoms with Crippen molar-refractivity contribution < 1.29 is 84.2 Å². The van der Waals surface area contributed by atoms with Gasteiger partial charge < -0.3 is 30.4 Å². The molecule has 26 heavy (non-hydrogen) atoms. The summed E-state index contributed by atoms with van der Waals surface area (Å²) >= 11 is 2.63. The third-order valence-corrected chi connectivity index (χ3v) is 4.67. The minimum atomic E-state index is -0.264. The largest absolute Gasteiger partial charge is 3.00 e. The average molecular weight is 546 g/mol. The Morgan fingerprint density at radius 3 is 2.50 bits per heavy atom. The first kappa shape index (κ1) is 29.1. The molecule has 0 atom stereocenters. The van der Waals surface area contributed by atoms with E-state index in [4.69, 9.17) is 14.0 Å². The molecule has 2 aromatic rings. The molecule has 0 saturated carbocycles. The van der Waals surface area contributed by atoms with E-state index in [-0.39, 0.29) is 77.8 Å². The van der Waals surface area contributed by atoms with Crippen molar-refractivity contribution in [2.75, 3.05) is 20.2 Å². The van der Waals surface area contributed by atoms with Crippen LogP contribution in [0.2, 0.25) is 0 Å². The van der Waals surface area contributed by atoms with Crippen LogP contribution in [0.5, 0.6) is 5.75 Å². The van der Waals surface area contributed by atoms with Crippen molar-refractivity contribution in [1.29, 1.82) is 0 Å². The molecule has 0 bridgehead atoms. The predicted octanol–water partition coefficient (Wildman–Crippen LogP) is 4.30. The van der Waals surface area contributed by atoms with E-state index in [1.54, 1.807) is 22.6 Å². The molecule has 0 fully saturated rings. The molecule has 0 aliphatic heterocycles. The smallest absolute Gasteiger partial charge is 0.469 e. The van der Waals surface area contributed by atoms with Gasteiger partial charge in [-0.05, 0) is 29.1 Å². The van der Waals surface area contributed by atoms with Gasteiger partial charge in [0, 0.05) is 42.8 Å². The van der Waals surface area contributed by atoms with Gasteiger partial charge in [0.2, 0.25) is 0 Å². The van der Waals surface area contributed by atoms with E-state index < -0.39 is 0 Å². The quantitative estimate of drug-likeness (QED) is 0.123. The van der Waals surface area contributed by atoms with Crippen molar-refractivity contribution in [3.05, 3.63) is 49.9 Å². The molecular formula is C17H22NO4S2Y2. The predicted molar refractivity (Wildman–Crippen MR) is 100 cm³/mol. The normalized spacial score (nSPS) is 9.62. The van der Waals surface area contributed by atoms with E-state index in [0.29, 0.717) is 18.8 Å². The Morgan fingerprint density at radius 1 is 1.27 bits per heavy atom. The van der Waals surface area contributed by atoms with Crippen LogP contribution in [0.1, 0.15) is 12.5 Å². The summed E-state index contributed by atoms with van der Waals surface area (Å²) in [6.07, 6.45) is 0.242. The Bertz CT molecular complexity index is 636. The fourth-order valence-corrected chi connectivity index (χ4v) is 3.05. The zero-order valence-corrected chi connectivity index (χ0v) is 22.4. The van der Waals surface area contributed by atoms with Crippen molar-refractivity contribution in [2.45, 2.75) is 13.3 Å². The van der Waals surface area contributed by atoms with Crippen molar-refractivity contribution in [1.82, 2.24) is 4.31 Å². The van der Waals surface area contributed by atoms with E-state index in [1.165, 1.54) is 7.11 Å². The van der Waals surface area contributed by atoms with Gasteiger partial charge in [0.15, 0.2) is 5.75 Å². The molecule has 1 radical (unpaired) electrons. The number of hydrogen-bond acceptors (Lipinski definition) is 7. The number of hydrogen-bond donors (Lipinski definition) is 0. The molecule has 0 N–H and O–H groups in total. The van der Waals surface area contributed by atoms with E-state index in [0.717, 1.165) is 27.9 Å². The summed E-state index contributed by atoms with van der Waals surface area (Å²) in [4.78, 5) is 16.7. The minimum absolute atomic E-state index is 0. The standard InChI is InChI=1S/C15H17NO4S2.C2H5.2Y/c1-4-16(5-2)22-20-19-12-6-7-14-13(9-12)11(10-21-14)8-15(17)18-3;1-2;;/h6-7,9-10H,1-2,4-5,8H2,3H3;1H2,2H3;;/q-2;-1;;+3. The molecule has 1 heterocycles. The number of carbonyl (C=O) groups is 1. The molecule has 0 amide bonds. The summed E-state index contributed by atoms with van der Waals surface area (Å²) in [5.41, 5.74) is 0.919. The topological polar surface area (TPSA) is 48.0 Å². The number of ether oxygens (including phenoxy) is 1. The van der Waals surface area contributed by atoms with Gasteiger partial charge in [-0.1, -0.05) is 4.33 Å². The van der Waals surface area contributed by atoms with E-state index in [2.05, 4.69) is 20.8 Å². The van der Waals surface area contributed by atoms with Gasteiger partial charge in [-0.3, -0.25) is 9.10 Å². The third kappa shape index (κ3) is 9.42. The van der Waals surface area contributed by atoms with Crippen LogP contribution in [-0.2, 0) is 85.7 Å². The Morgan fingerprint density at radius 2 is 1.92 bits per heavy atom. The van der Waals surface area contributed by atoms with Crippen LogP contribution in [0.4, 0.5) is 0 Å². The van der Waals surface area contributed by atoms with Crippen LogP contribution in [0.3, 0.4) is 0 Å². The second kappa shape index (κ2) is 16.8. The molecule has 0 unspecified atom stereocenters. The first-order chi connectivity index (χ1) is 11.7. The van der Waals surface area contributed by atoms with E-state index in [9.17, 15) is 4.79 Å². The summed E-state index contributed by atoms with van der Waals surface area (Å²) in [5, 5.41) is 2.92. The first-order valence-electron chi connectivity index (χ1n) is 7.30. The Labute approximate surface area is 214 Å². The molecule has 0 aliphatic carbocycles. The number of thiophene rings is 1. The van der Waals surface area contributed by atoms with Gasteiger partial charge in [-0.2, -0.15) is 6.92 Å². The molecule has 2 rings (SSSR count). The number of esters is 1. The SMILES string of the molecule is [CH2-]C.[CH2-]CN(C[CH2-])SOOc1ccc2scc(CC(=O)OC)c2c1.[Y+3].[Y]. The molecule has 5 nitrogen and oxygen atoms in total. The number of carbonyl (C=O) groups excluding carboxylic acids is 1. The summed E-state index contributed by atoms with van der Waals surface area (Å²) < 4.78 is 12.7. The van der Waals surface area contributed by atoms with Gasteiger partial charge >= 0.3 is 38.7 Å². The maximum absolute atomic E-state index is 11.4. The second-order valence-electron chi connectivity index (χ2n) is 4.33. The summed E-state index contributed by atoms with van der Waals surface area (Å²) in [7, 11) is 1.38. The van der Waals surface area contributed by atoms with Crippen molar-refractivity contribution >= 4 is 39.6 Å². The van der Waals surface area contributed by atoms with Crippen LogP contribution < -0.4 is 4.89 Å². The van der Waals surface area contributed by atoms with E-state index >= 15 is 0 Å². The van der Waals surface area contributed by atoms with Gasteiger partial charge in [-0.25, -0.2) is 0 Å². The maximum atomic E-state index is 11.4. The van der Waals surface area contributed by atoms with Crippen molar-refractivity contribution in [3.8, 4) is 5.75 Å². The number of rotatable bonds is 8. The van der Waals surface area contributed by atoms with Crippen LogP contribution in [-0.4, -0.2) is 30.5 Å². The molecule has 0 aliphatic rings. The molecule has 137 valence electrons. The first-order valence-corrected chi connectivity index (χ1v) is 8.88. The van der Waals surface area contributed by atoms with Crippen LogP contribution in [0.25, 0.3) is 10.1 Å².